The number of aliphatic hydroxyl groups is 1. The highest BCUT2D eigenvalue weighted by Crippen LogP contribution is 2.28. The maximum atomic E-state index is 11.6. The van der Waals surface area contributed by atoms with Crippen molar-refractivity contribution in [3.05, 3.63) is 23.3 Å². The number of benzene rings is 1. The molecule has 1 atom stereocenters. The van der Waals surface area contributed by atoms with E-state index < -0.39 is 5.97 Å². The van der Waals surface area contributed by atoms with Crippen LogP contribution in [-0.4, -0.2) is 37.4 Å². The van der Waals surface area contributed by atoms with E-state index in [0.717, 1.165) is 24.2 Å². The monoisotopic (exact) mass is 250 g/mol. The molecule has 3 N–H and O–H groups in total. The van der Waals surface area contributed by atoms with Gasteiger partial charge in [0.15, 0.2) is 0 Å². The van der Waals surface area contributed by atoms with Gasteiger partial charge in [-0.25, -0.2) is 4.79 Å². The number of carbonyl (C=O) groups excluding carboxylic acids is 1. The minimum atomic E-state index is -0.433. The van der Waals surface area contributed by atoms with Crippen LogP contribution in [0, 0.1) is 6.92 Å². The van der Waals surface area contributed by atoms with Crippen molar-refractivity contribution in [3.63, 3.8) is 0 Å². The summed E-state index contributed by atoms with van der Waals surface area (Å²) in [7, 11) is 1.34. The molecule has 0 radical (unpaired) electrons. The average Bonchev–Trinajstić information content (AvgIpc) is 2.78. The number of nitrogens with two attached hydrogens (primary N) is 1. The molecule has 0 bridgehead atoms. The zero-order chi connectivity index (χ0) is 13.3. The van der Waals surface area contributed by atoms with Gasteiger partial charge in [-0.05, 0) is 31.0 Å². The van der Waals surface area contributed by atoms with Crippen LogP contribution >= 0.6 is 0 Å². The topological polar surface area (TPSA) is 75.8 Å². The lowest BCUT2D eigenvalue weighted by Crippen LogP contribution is -2.22. The minimum Gasteiger partial charge on any atom is -0.465 e. The zero-order valence-electron chi connectivity index (χ0n) is 10.6. The van der Waals surface area contributed by atoms with Crippen LogP contribution in [0.2, 0.25) is 0 Å². The Morgan fingerprint density at radius 3 is 2.83 bits per heavy atom. The number of nitrogens with zero attached hydrogens (tertiary/aromatic N) is 1. The molecular weight excluding hydrogens is 232 g/mol. The van der Waals surface area contributed by atoms with E-state index in [-0.39, 0.29) is 6.10 Å². The molecule has 1 aromatic carbocycles. The van der Waals surface area contributed by atoms with Crippen molar-refractivity contribution >= 4 is 17.3 Å². The van der Waals surface area contributed by atoms with Crippen LogP contribution in [0.15, 0.2) is 12.1 Å². The highest BCUT2D eigenvalue weighted by atomic mass is 16.5. The lowest BCUT2D eigenvalue weighted by molar-refractivity contribution is 0.0602. The van der Waals surface area contributed by atoms with Crippen molar-refractivity contribution in [1.82, 2.24) is 0 Å². The van der Waals surface area contributed by atoms with E-state index >= 15 is 0 Å². The molecule has 1 aromatic rings. The van der Waals surface area contributed by atoms with Crippen LogP contribution in [0.25, 0.3) is 0 Å². The molecule has 0 aromatic heterocycles. The highest BCUT2D eigenvalue weighted by Gasteiger charge is 2.22. The first-order valence-electron chi connectivity index (χ1n) is 5.94. The predicted octanol–water partition coefficient (Wildman–Crippen LogP) is 0.935. The highest BCUT2D eigenvalue weighted by molar-refractivity contribution is 5.97. The number of aliphatic hydroxyl groups excluding tert-OH is 1. The first-order valence-corrected chi connectivity index (χ1v) is 5.94. The molecule has 18 heavy (non-hydrogen) atoms. The molecule has 1 heterocycles. The summed E-state index contributed by atoms with van der Waals surface area (Å²) in [6.45, 7) is 3.23. The Hall–Kier alpha value is -1.75. The maximum absolute atomic E-state index is 11.6. The Kier molecular flexibility index (Phi) is 3.43. The summed E-state index contributed by atoms with van der Waals surface area (Å²) in [5.41, 5.74) is 8.46. The number of β-amino-alcohol motifs (C(OH)–C–C–N with tert-alkyl or cyclic N) is 1. The van der Waals surface area contributed by atoms with Gasteiger partial charge in [0.05, 0.1) is 18.8 Å². The summed E-state index contributed by atoms with van der Waals surface area (Å²) in [6, 6.07) is 3.66. The van der Waals surface area contributed by atoms with E-state index in [2.05, 4.69) is 0 Å². The Bertz CT molecular complexity index is 474. The third-order valence-electron chi connectivity index (χ3n) is 3.31. The lowest BCUT2D eigenvalue weighted by Gasteiger charge is -2.20. The van der Waals surface area contributed by atoms with Crippen molar-refractivity contribution in [2.24, 2.45) is 0 Å². The number of anilines is 2. The van der Waals surface area contributed by atoms with Crippen LogP contribution in [0.5, 0.6) is 0 Å². The van der Waals surface area contributed by atoms with Gasteiger partial charge in [-0.2, -0.15) is 0 Å². The largest absolute Gasteiger partial charge is 0.465 e. The summed E-state index contributed by atoms with van der Waals surface area (Å²) in [5.74, 6) is -0.433. The van der Waals surface area contributed by atoms with Crippen molar-refractivity contribution in [2.45, 2.75) is 19.4 Å². The van der Waals surface area contributed by atoms with Crippen LogP contribution in [0.4, 0.5) is 11.4 Å². The van der Waals surface area contributed by atoms with Gasteiger partial charge in [0.2, 0.25) is 0 Å². The minimum absolute atomic E-state index is 0.301. The first-order chi connectivity index (χ1) is 8.52. The van der Waals surface area contributed by atoms with E-state index in [1.54, 1.807) is 6.07 Å². The van der Waals surface area contributed by atoms with Gasteiger partial charge in [-0.1, -0.05) is 0 Å². The van der Waals surface area contributed by atoms with Crippen LogP contribution in [-0.2, 0) is 4.74 Å². The van der Waals surface area contributed by atoms with E-state index in [9.17, 15) is 9.90 Å². The normalized spacial score (nSPS) is 19.1. The molecule has 1 aliphatic heterocycles. The summed E-state index contributed by atoms with van der Waals surface area (Å²) in [4.78, 5) is 13.7. The molecule has 0 saturated carbocycles. The average molecular weight is 250 g/mol. The Labute approximate surface area is 106 Å². The van der Waals surface area contributed by atoms with Gasteiger partial charge < -0.3 is 20.5 Å². The smallest absolute Gasteiger partial charge is 0.340 e. The number of rotatable bonds is 2. The molecule has 98 valence electrons. The Balaban J connectivity index is 2.38. The molecule has 0 spiro atoms. The van der Waals surface area contributed by atoms with Gasteiger partial charge in [0, 0.05) is 24.5 Å². The zero-order valence-corrected chi connectivity index (χ0v) is 10.6. The van der Waals surface area contributed by atoms with Crippen molar-refractivity contribution in [1.29, 1.82) is 0 Å². The molecule has 2 rings (SSSR count). The van der Waals surface area contributed by atoms with Crippen molar-refractivity contribution in [2.75, 3.05) is 30.8 Å². The molecule has 5 nitrogen and oxygen atoms in total. The lowest BCUT2D eigenvalue weighted by atomic mass is 10.1. The SMILES string of the molecule is COC(=O)c1cc(N2CCC(O)C2)cc(C)c1N. The standard InChI is InChI=1S/C13H18N2O3/c1-8-5-9(15-4-3-10(16)7-15)6-11(12(8)14)13(17)18-2/h5-6,10,16H,3-4,7,14H2,1-2H3. The molecule has 1 unspecified atom stereocenters. The second-order valence-electron chi connectivity index (χ2n) is 4.60. The van der Waals surface area contributed by atoms with E-state index in [0.29, 0.717) is 17.8 Å². The number of methoxy groups -OCH3 is 1. The Morgan fingerprint density at radius 1 is 1.56 bits per heavy atom. The number of ether oxygens (including phenoxy) is 1. The van der Waals surface area contributed by atoms with Crippen molar-refractivity contribution < 1.29 is 14.6 Å². The van der Waals surface area contributed by atoms with Gasteiger partial charge in [-0.3, -0.25) is 0 Å². The fourth-order valence-electron chi connectivity index (χ4n) is 2.22. The van der Waals surface area contributed by atoms with E-state index in [4.69, 9.17) is 10.5 Å². The molecule has 0 amide bonds. The number of carbonyl (C=O) groups is 1. The quantitative estimate of drug-likeness (QED) is 0.603. The fourth-order valence-corrected chi connectivity index (χ4v) is 2.22. The molecule has 1 aliphatic rings. The third kappa shape index (κ3) is 2.26. The molecule has 1 fully saturated rings. The van der Waals surface area contributed by atoms with Crippen LogP contribution in [0.1, 0.15) is 22.3 Å². The molecule has 5 heteroatoms. The molecule has 1 saturated heterocycles. The maximum Gasteiger partial charge on any atom is 0.340 e. The van der Waals surface area contributed by atoms with Crippen molar-refractivity contribution in [3.8, 4) is 0 Å². The molecule has 0 aliphatic carbocycles. The van der Waals surface area contributed by atoms with Crippen LogP contribution in [0.3, 0.4) is 0 Å². The van der Waals surface area contributed by atoms with Gasteiger partial charge in [-0.15, -0.1) is 0 Å². The Morgan fingerprint density at radius 2 is 2.28 bits per heavy atom. The summed E-state index contributed by atoms with van der Waals surface area (Å²) in [5, 5.41) is 9.55. The van der Waals surface area contributed by atoms with Gasteiger partial charge in [0.25, 0.3) is 0 Å². The second kappa shape index (κ2) is 4.86. The number of aryl methyl sites for hydroxylation is 1. The summed E-state index contributed by atoms with van der Waals surface area (Å²) >= 11 is 0. The number of hydrogen-bond donors (Lipinski definition) is 2. The van der Waals surface area contributed by atoms with E-state index in [1.165, 1.54) is 7.11 Å². The first kappa shape index (κ1) is 12.7. The fraction of sp³-hybridized carbons (Fsp3) is 0.462. The number of hydrogen-bond acceptors (Lipinski definition) is 5. The summed E-state index contributed by atoms with van der Waals surface area (Å²) in [6.07, 6.45) is 0.446. The van der Waals surface area contributed by atoms with Gasteiger partial charge in [0.1, 0.15) is 0 Å². The predicted molar refractivity (Wildman–Crippen MR) is 69.8 cm³/mol. The second-order valence-corrected chi connectivity index (χ2v) is 4.60. The number of nitrogen functional groups attached to an aromatic ring is 1. The third-order valence-corrected chi connectivity index (χ3v) is 3.31. The van der Waals surface area contributed by atoms with Gasteiger partial charge >= 0.3 is 5.97 Å². The number of esters is 1. The summed E-state index contributed by atoms with van der Waals surface area (Å²) < 4.78 is 4.72. The van der Waals surface area contributed by atoms with Crippen LogP contribution < -0.4 is 10.6 Å². The molecular formula is C13H18N2O3. The van der Waals surface area contributed by atoms with E-state index in [1.807, 2.05) is 17.9 Å².